The number of benzene rings is 1. The summed E-state index contributed by atoms with van der Waals surface area (Å²) < 4.78 is 15.8. The lowest BCUT2D eigenvalue weighted by molar-refractivity contribution is -0.0814. The van der Waals surface area contributed by atoms with Gasteiger partial charge in [-0.05, 0) is 17.5 Å². The van der Waals surface area contributed by atoms with Gasteiger partial charge in [0.15, 0.2) is 17.0 Å². The lowest BCUT2D eigenvalue weighted by Crippen LogP contribution is -2.68. The van der Waals surface area contributed by atoms with Crippen LogP contribution in [0.15, 0.2) is 24.3 Å². The van der Waals surface area contributed by atoms with E-state index in [1.807, 2.05) is 61.2 Å². The van der Waals surface area contributed by atoms with Gasteiger partial charge in [0.2, 0.25) is 5.95 Å². The molecule has 1 N–H and O–H groups in total. The fraction of sp³-hybridized carbons (Fsp3) is 0.519. The molecule has 0 radical (unpaired) electrons. The average molecular weight is 535 g/mol. The first-order chi connectivity index (χ1) is 18.7. The molecule has 1 aromatic carbocycles. The lowest BCUT2D eigenvalue weighted by atomic mass is 9.77. The van der Waals surface area contributed by atoms with Gasteiger partial charge in [-0.25, -0.2) is 9.78 Å². The summed E-state index contributed by atoms with van der Waals surface area (Å²) >= 11 is 0. The molecule has 0 saturated carbocycles. The second-order valence-electron chi connectivity index (χ2n) is 11.2. The number of carboxylic acid groups (broad SMARTS) is 1. The van der Waals surface area contributed by atoms with Gasteiger partial charge in [-0.15, -0.1) is 0 Å². The summed E-state index contributed by atoms with van der Waals surface area (Å²) in [6.45, 7) is 11.0. The number of nitrogens with zero attached hydrogens (tertiary/aromatic N) is 8. The molecule has 2 aliphatic rings. The lowest BCUT2D eigenvalue weighted by Gasteiger charge is -2.51. The van der Waals surface area contributed by atoms with Crippen LogP contribution in [0, 0.1) is 5.41 Å². The van der Waals surface area contributed by atoms with Crippen molar-refractivity contribution >= 4 is 34.1 Å². The maximum Gasteiger partial charge on any atom is 0.407 e. The third-order valence-corrected chi connectivity index (χ3v) is 7.56. The van der Waals surface area contributed by atoms with Crippen molar-refractivity contribution in [2.45, 2.75) is 46.3 Å². The molecular weight excluding hydrogens is 500 g/mol. The normalized spacial score (nSPS) is 20.0. The highest BCUT2D eigenvalue weighted by Gasteiger charge is 2.50. The van der Waals surface area contributed by atoms with E-state index in [-0.39, 0.29) is 24.1 Å². The minimum atomic E-state index is -0.941. The Bertz CT molecular complexity index is 1550. The van der Waals surface area contributed by atoms with Gasteiger partial charge in [-0.1, -0.05) is 39.8 Å². The van der Waals surface area contributed by atoms with Crippen LogP contribution in [0.4, 0.5) is 10.6 Å². The number of anilines is 1. The first-order valence-corrected chi connectivity index (χ1v) is 13.4. The van der Waals surface area contributed by atoms with E-state index in [1.165, 1.54) is 4.90 Å². The molecule has 2 aliphatic heterocycles. The highest BCUT2D eigenvalue weighted by atomic mass is 16.5. The van der Waals surface area contributed by atoms with E-state index in [4.69, 9.17) is 29.4 Å². The minimum absolute atomic E-state index is 0.286. The van der Waals surface area contributed by atoms with E-state index in [0.29, 0.717) is 49.4 Å². The van der Waals surface area contributed by atoms with Crippen LogP contribution in [0.5, 0.6) is 6.01 Å². The van der Waals surface area contributed by atoms with Crippen molar-refractivity contribution in [2.75, 3.05) is 37.7 Å². The van der Waals surface area contributed by atoms with Crippen molar-refractivity contribution in [3.63, 3.8) is 0 Å². The first kappa shape index (κ1) is 25.4. The van der Waals surface area contributed by atoms with Crippen molar-refractivity contribution < 1.29 is 19.4 Å². The number of carbonyl (C=O) groups is 1. The molecule has 206 valence electrons. The molecule has 2 atom stereocenters. The van der Waals surface area contributed by atoms with E-state index in [9.17, 15) is 9.90 Å². The molecule has 0 spiro atoms. The van der Waals surface area contributed by atoms with Crippen LogP contribution in [0.1, 0.15) is 33.5 Å². The summed E-state index contributed by atoms with van der Waals surface area (Å²) in [6, 6.07) is 8.08. The Labute approximate surface area is 226 Å². The second-order valence-corrected chi connectivity index (χ2v) is 11.2. The zero-order chi connectivity index (χ0) is 27.5. The molecule has 2 fully saturated rings. The Hall–Kier alpha value is -3.93. The summed E-state index contributed by atoms with van der Waals surface area (Å²) in [4.78, 5) is 35.1. The van der Waals surface area contributed by atoms with Crippen molar-refractivity contribution in [2.24, 2.45) is 12.5 Å². The number of ether oxygens (including phenoxy) is 2. The predicted molar refractivity (Wildman–Crippen MR) is 146 cm³/mol. The first-order valence-electron chi connectivity index (χ1n) is 13.4. The SMILES string of the molecule is CCc1nc2ccccc2n1-c1nc(N2CCOCC2)c2nc(OC3CN(C(=O)O)C3C(C)(C)C)n(C)c2n1. The topological polar surface area (TPSA) is 124 Å². The molecule has 2 saturated heterocycles. The molecule has 2 unspecified atom stereocenters. The van der Waals surface area contributed by atoms with E-state index in [1.54, 1.807) is 0 Å². The van der Waals surface area contributed by atoms with E-state index >= 15 is 0 Å². The quantitative estimate of drug-likeness (QED) is 0.411. The summed E-state index contributed by atoms with van der Waals surface area (Å²) in [5.41, 5.74) is 2.81. The van der Waals surface area contributed by atoms with Crippen LogP contribution >= 0.6 is 0 Å². The van der Waals surface area contributed by atoms with Gasteiger partial charge < -0.3 is 19.5 Å². The number of amides is 1. The van der Waals surface area contributed by atoms with Gasteiger partial charge in [0.25, 0.3) is 6.01 Å². The fourth-order valence-corrected chi connectivity index (χ4v) is 5.68. The number of morpholine rings is 1. The number of likely N-dealkylation sites (tertiary alicyclic amines) is 1. The van der Waals surface area contributed by atoms with E-state index < -0.39 is 6.09 Å². The second kappa shape index (κ2) is 9.37. The van der Waals surface area contributed by atoms with Crippen LogP contribution in [0.2, 0.25) is 0 Å². The molecule has 1 amide bonds. The Morgan fingerprint density at radius 2 is 1.87 bits per heavy atom. The summed E-state index contributed by atoms with van der Waals surface area (Å²) in [7, 11) is 1.87. The molecule has 0 bridgehead atoms. The Morgan fingerprint density at radius 3 is 2.56 bits per heavy atom. The zero-order valence-electron chi connectivity index (χ0n) is 23.0. The van der Waals surface area contributed by atoms with Gasteiger partial charge in [-0.2, -0.15) is 15.0 Å². The van der Waals surface area contributed by atoms with Crippen LogP contribution in [0.3, 0.4) is 0 Å². The average Bonchev–Trinajstić information content (AvgIpc) is 3.42. The number of hydrogen-bond acceptors (Lipinski definition) is 8. The fourth-order valence-electron chi connectivity index (χ4n) is 5.68. The molecule has 3 aromatic heterocycles. The van der Waals surface area contributed by atoms with Crippen LogP contribution < -0.4 is 9.64 Å². The van der Waals surface area contributed by atoms with Gasteiger partial charge >= 0.3 is 6.09 Å². The molecule has 6 rings (SSSR count). The highest BCUT2D eigenvalue weighted by molar-refractivity contribution is 5.86. The Morgan fingerprint density at radius 1 is 1.13 bits per heavy atom. The zero-order valence-corrected chi connectivity index (χ0v) is 23.0. The number of para-hydroxylation sites is 2. The number of imidazole rings is 2. The molecule has 0 aliphatic carbocycles. The summed E-state index contributed by atoms with van der Waals surface area (Å²) in [5, 5.41) is 9.65. The number of aryl methyl sites for hydroxylation is 2. The number of aromatic nitrogens is 6. The Kier molecular flexibility index (Phi) is 6.09. The summed E-state index contributed by atoms with van der Waals surface area (Å²) in [5.74, 6) is 2.12. The summed E-state index contributed by atoms with van der Waals surface area (Å²) in [6.07, 6.45) is -0.539. The largest absolute Gasteiger partial charge is 0.465 e. The molecule has 12 nitrogen and oxygen atoms in total. The smallest absolute Gasteiger partial charge is 0.407 e. The molecule has 39 heavy (non-hydrogen) atoms. The molecule has 4 aromatic rings. The van der Waals surface area contributed by atoms with Gasteiger partial charge in [-0.3, -0.25) is 14.0 Å². The number of fused-ring (bicyclic) bond motifs is 2. The van der Waals surface area contributed by atoms with E-state index in [0.717, 1.165) is 29.1 Å². The van der Waals surface area contributed by atoms with Crippen molar-refractivity contribution in [1.29, 1.82) is 0 Å². The number of rotatable bonds is 5. The van der Waals surface area contributed by atoms with E-state index in [2.05, 4.69) is 11.8 Å². The van der Waals surface area contributed by atoms with Crippen molar-refractivity contribution in [3.05, 3.63) is 30.1 Å². The van der Waals surface area contributed by atoms with Gasteiger partial charge in [0.05, 0.1) is 36.8 Å². The molecular formula is C27H34N8O4. The molecule has 12 heteroatoms. The van der Waals surface area contributed by atoms with Crippen LogP contribution in [-0.4, -0.2) is 90.2 Å². The maximum atomic E-state index is 11.8. The minimum Gasteiger partial charge on any atom is -0.465 e. The Balaban J connectivity index is 1.47. The van der Waals surface area contributed by atoms with Gasteiger partial charge in [0, 0.05) is 26.6 Å². The molecule has 5 heterocycles. The highest BCUT2D eigenvalue weighted by Crippen LogP contribution is 2.37. The third kappa shape index (κ3) is 4.22. The standard InChI is InChI=1S/C27H34N8O4/c1-6-19-28-16-9-7-8-10-17(16)35(19)24-30-22-20(23(31-24)33-11-13-38-14-12-33)29-25(32(22)5)39-18-15-34(26(36)37)21(18)27(2,3)4/h7-10,18,21H,6,11-15H2,1-5H3,(H,36,37). The van der Waals surface area contributed by atoms with Crippen molar-refractivity contribution in [1.82, 2.24) is 34.0 Å². The third-order valence-electron chi connectivity index (χ3n) is 7.56. The predicted octanol–water partition coefficient (Wildman–Crippen LogP) is 3.26. The van der Waals surface area contributed by atoms with Crippen LogP contribution in [-0.2, 0) is 18.2 Å². The van der Waals surface area contributed by atoms with Crippen LogP contribution in [0.25, 0.3) is 28.1 Å². The maximum absolute atomic E-state index is 11.8. The monoisotopic (exact) mass is 534 g/mol. The van der Waals surface area contributed by atoms with Gasteiger partial charge in [0.1, 0.15) is 11.9 Å². The van der Waals surface area contributed by atoms with Crippen molar-refractivity contribution in [3.8, 4) is 12.0 Å². The number of hydrogen-bond donors (Lipinski definition) is 1.